The summed E-state index contributed by atoms with van der Waals surface area (Å²) in [5.41, 5.74) is 6.25. The van der Waals surface area contributed by atoms with Gasteiger partial charge in [-0.15, -0.1) is 0 Å². The van der Waals surface area contributed by atoms with Gasteiger partial charge in [0.05, 0.1) is 18.5 Å². The van der Waals surface area contributed by atoms with Crippen molar-refractivity contribution in [1.82, 2.24) is 9.88 Å². The Morgan fingerprint density at radius 1 is 1.53 bits per heavy atom. The number of nitrogens with two attached hydrogens (primary N) is 1. The number of nitrogen functional groups attached to an aromatic ring is 1. The van der Waals surface area contributed by atoms with Gasteiger partial charge in [-0.25, -0.2) is 9.78 Å². The van der Waals surface area contributed by atoms with Gasteiger partial charge in [0, 0.05) is 19.1 Å². The fourth-order valence-corrected chi connectivity index (χ4v) is 2.12. The number of likely N-dealkylation sites (tertiary alicyclic amines) is 1. The minimum atomic E-state index is -0.216. The Balaban J connectivity index is 1.80. The third-order valence-corrected chi connectivity index (χ3v) is 3.16. The van der Waals surface area contributed by atoms with E-state index in [2.05, 4.69) is 10.3 Å². The van der Waals surface area contributed by atoms with Crippen molar-refractivity contribution in [3.05, 3.63) is 18.3 Å². The Kier molecular flexibility index (Phi) is 4.43. The number of carbonyl (C=O) groups excluding carboxylic acids is 1. The van der Waals surface area contributed by atoms with E-state index in [9.17, 15) is 4.79 Å². The van der Waals surface area contributed by atoms with Gasteiger partial charge in [0.2, 0.25) is 0 Å². The van der Waals surface area contributed by atoms with Gasteiger partial charge in [-0.1, -0.05) is 0 Å². The van der Waals surface area contributed by atoms with Crippen molar-refractivity contribution >= 4 is 17.6 Å². The highest BCUT2D eigenvalue weighted by atomic mass is 16.6. The maximum Gasteiger partial charge on any atom is 0.409 e. The summed E-state index contributed by atoms with van der Waals surface area (Å²) in [6.45, 7) is 3.67. The molecule has 0 aliphatic carbocycles. The number of nitrogens with one attached hydrogen (secondary N) is 1. The van der Waals surface area contributed by atoms with Crippen LogP contribution in [-0.4, -0.2) is 41.7 Å². The second-order valence-corrected chi connectivity index (χ2v) is 4.58. The lowest BCUT2D eigenvalue weighted by Gasteiger charge is -2.31. The first-order valence-corrected chi connectivity index (χ1v) is 6.59. The number of rotatable bonds is 3. The third-order valence-electron chi connectivity index (χ3n) is 3.16. The molecule has 1 fully saturated rings. The summed E-state index contributed by atoms with van der Waals surface area (Å²) in [5, 5.41) is 3.35. The maximum absolute atomic E-state index is 11.6. The van der Waals surface area contributed by atoms with Crippen LogP contribution >= 0.6 is 0 Å². The van der Waals surface area contributed by atoms with Crippen LogP contribution in [0.1, 0.15) is 19.8 Å². The molecule has 0 atom stereocenters. The Morgan fingerprint density at radius 2 is 2.26 bits per heavy atom. The lowest BCUT2D eigenvalue weighted by atomic mass is 10.1. The Morgan fingerprint density at radius 3 is 2.84 bits per heavy atom. The second-order valence-electron chi connectivity index (χ2n) is 4.58. The fourth-order valence-electron chi connectivity index (χ4n) is 2.12. The van der Waals surface area contributed by atoms with E-state index in [1.807, 2.05) is 19.1 Å². The summed E-state index contributed by atoms with van der Waals surface area (Å²) < 4.78 is 4.99. The van der Waals surface area contributed by atoms with Gasteiger partial charge < -0.3 is 20.7 Å². The standard InChI is InChI=1S/C13H20N4O2/c1-2-19-13(18)17-7-5-11(6-8-17)16-12-4-3-10(14)9-15-12/h3-4,9,11H,2,5-8,14H2,1H3,(H,15,16). The molecule has 2 heterocycles. The van der Waals surface area contributed by atoms with Crippen LogP contribution in [0.15, 0.2) is 18.3 Å². The van der Waals surface area contributed by atoms with Crippen LogP contribution in [0.4, 0.5) is 16.3 Å². The number of amides is 1. The number of carbonyl (C=O) groups is 1. The van der Waals surface area contributed by atoms with Crippen molar-refractivity contribution < 1.29 is 9.53 Å². The first-order valence-electron chi connectivity index (χ1n) is 6.59. The van der Waals surface area contributed by atoms with E-state index in [0.717, 1.165) is 18.7 Å². The quantitative estimate of drug-likeness (QED) is 0.868. The molecule has 1 aromatic rings. The highest BCUT2D eigenvalue weighted by Gasteiger charge is 2.23. The average Bonchev–Trinajstić information content (AvgIpc) is 2.42. The van der Waals surface area contributed by atoms with Crippen LogP contribution in [0.3, 0.4) is 0 Å². The number of nitrogens with zero attached hydrogens (tertiary/aromatic N) is 2. The molecule has 3 N–H and O–H groups in total. The van der Waals surface area contributed by atoms with Crippen molar-refractivity contribution in [3.8, 4) is 0 Å². The lowest BCUT2D eigenvalue weighted by Crippen LogP contribution is -2.42. The van der Waals surface area contributed by atoms with Crippen molar-refractivity contribution in [2.75, 3.05) is 30.7 Å². The molecule has 0 saturated carbocycles. The van der Waals surface area contributed by atoms with E-state index in [-0.39, 0.29) is 6.09 Å². The Labute approximate surface area is 112 Å². The predicted molar refractivity (Wildman–Crippen MR) is 73.9 cm³/mol. The number of hydrogen-bond acceptors (Lipinski definition) is 5. The van der Waals surface area contributed by atoms with Gasteiger partial charge in [0.1, 0.15) is 5.82 Å². The smallest absolute Gasteiger partial charge is 0.409 e. The molecule has 2 rings (SSSR count). The van der Waals surface area contributed by atoms with E-state index in [4.69, 9.17) is 10.5 Å². The highest BCUT2D eigenvalue weighted by molar-refractivity contribution is 5.67. The average molecular weight is 264 g/mol. The molecule has 1 saturated heterocycles. The maximum atomic E-state index is 11.6. The van der Waals surface area contributed by atoms with Gasteiger partial charge in [-0.2, -0.15) is 0 Å². The minimum absolute atomic E-state index is 0.216. The molecular formula is C13H20N4O2. The third kappa shape index (κ3) is 3.74. The molecule has 1 aliphatic rings. The number of hydrogen-bond donors (Lipinski definition) is 2. The zero-order chi connectivity index (χ0) is 13.7. The molecule has 0 unspecified atom stereocenters. The molecule has 1 amide bonds. The van der Waals surface area contributed by atoms with Crippen molar-refractivity contribution in [1.29, 1.82) is 0 Å². The van der Waals surface area contributed by atoms with E-state index in [0.29, 0.717) is 31.4 Å². The molecule has 0 radical (unpaired) electrons. The number of anilines is 2. The molecule has 1 aliphatic heterocycles. The second kappa shape index (κ2) is 6.26. The molecule has 19 heavy (non-hydrogen) atoms. The first-order chi connectivity index (χ1) is 9.19. The monoisotopic (exact) mass is 264 g/mol. The van der Waals surface area contributed by atoms with Gasteiger partial charge in [0.15, 0.2) is 0 Å². The minimum Gasteiger partial charge on any atom is -0.450 e. The molecule has 104 valence electrons. The summed E-state index contributed by atoms with van der Waals surface area (Å²) in [7, 11) is 0. The zero-order valence-electron chi connectivity index (χ0n) is 11.1. The highest BCUT2D eigenvalue weighted by Crippen LogP contribution is 2.16. The Bertz CT molecular complexity index is 413. The molecule has 0 spiro atoms. The van der Waals surface area contributed by atoms with E-state index in [1.165, 1.54) is 0 Å². The molecule has 6 heteroatoms. The van der Waals surface area contributed by atoms with Crippen LogP contribution in [-0.2, 0) is 4.74 Å². The van der Waals surface area contributed by atoms with E-state index in [1.54, 1.807) is 11.1 Å². The largest absolute Gasteiger partial charge is 0.450 e. The van der Waals surface area contributed by atoms with Gasteiger partial charge in [-0.3, -0.25) is 0 Å². The van der Waals surface area contributed by atoms with Crippen LogP contribution in [0.2, 0.25) is 0 Å². The zero-order valence-corrected chi connectivity index (χ0v) is 11.1. The molecule has 0 aromatic carbocycles. The summed E-state index contributed by atoms with van der Waals surface area (Å²) in [6.07, 6.45) is 3.21. The first kappa shape index (κ1) is 13.5. The van der Waals surface area contributed by atoms with Gasteiger partial charge >= 0.3 is 6.09 Å². The normalized spacial score (nSPS) is 16.2. The van der Waals surface area contributed by atoms with Crippen LogP contribution in [0, 0.1) is 0 Å². The van der Waals surface area contributed by atoms with Crippen LogP contribution in [0.25, 0.3) is 0 Å². The summed E-state index contributed by atoms with van der Waals surface area (Å²) in [6, 6.07) is 4.03. The fraction of sp³-hybridized carbons (Fsp3) is 0.538. The molecule has 6 nitrogen and oxygen atoms in total. The topological polar surface area (TPSA) is 80.5 Å². The number of ether oxygens (including phenoxy) is 1. The van der Waals surface area contributed by atoms with Gasteiger partial charge in [0.25, 0.3) is 0 Å². The summed E-state index contributed by atoms with van der Waals surface area (Å²) in [4.78, 5) is 17.5. The van der Waals surface area contributed by atoms with Crippen molar-refractivity contribution in [2.45, 2.75) is 25.8 Å². The van der Waals surface area contributed by atoms with E-state index < -0.39 is 0 Å². The number of aromatic nitrogens is 1. The summed E-state index contributed by atoms with van der Waals surface area (Å²) >= 11 is 0. The molecule has 0 bridgehead atoms. The van der Waals surface area contributed by atoms with Crippen LogP contribution < -0.4 is 11.1 Å². The predicted octanol–water partition coefficient (Wildman–Crippen LogP) is 1.70. The molecule has 1 aromatic heterocycles. The number of piperidine rings is 1. The SMILES string of the molecule is CCOC(=O)N1CCC(Nc2ccc(N)cn2)CC1. The Hall–Kier alpha value is -1.98. The van der Waals surface area contributed by atoms with Crippen molar-refractivity contribution in [3.63, 3.8) is 0 Å². The van der Waals surface area contributed by atoms with Crippen LogP contribution in [0.5, 0.6) is 0 Å². The molecular weight excluding hydrogens is 244 g/mol. The summed E-state index contributed by atoms with van der Waals surface area (Å²) in [5.74, 6) is 0.823. The number of pyridine rings is 1. The lowest BCUT2D eigenvalue weighted by molar-refractivity contribution is 0.0983. The van der Waals surface area contributed by atoms with Crippen molar-refractivity contribution in [2.24, 2.45) is 0 Å². The van der Waals surface area contributed by atoms with E-state index >= 15 is 0 Å². The van der Waals surface area contributed by atoms with Gasteiger partial charge in [-0.05, 0) is 31.9 Å².